The molecule has 0 amide bonds. The maximum Gasteiger partial charge on any atom is 0.305 e. The monoisotopic (exact) mass is 336 g/mol. The van der Waals surface area contributed by atoms with Crippen molar-refractivity contribution in [1.82, 2.24) is 0 Å². The van der Waals surface area contributed by atoms with Gasteiger partial charge in [-0.1, -0.05) is 20.8 Å². The Labute approximate surface area is 143 Å². The molecule has 0 N–H and O–H groups in total. The molecule has 3 aliphatic rings. The molecule has 0 aromatic carbocycles. The number of rotatable bonds is 4. The molecule has 1 spiro atoms. The molecule has 0 radical (unpaired) electrons. The Hall–Kier alpha value is -1.36. The number of fused-ring (bicyclic) bond motifs is 1. The topological polar surface area (TPSA) is 61.8 Å². The molecule has 1 unspecified atom stereocenters. The summed E-state index contributed by atoms with van der Waals surface area (Å²) in [4.78, 5) is 23.1. The zero-order valence-electron chi connectivity index (χ0n) is 15.3. The molecule has 1 saturated heterocycles. The van der Waals surface area contributed by atoms with Gasteiger partial charge in [-0.25, -0.2) is 0 Å². The van der Waals surface area contributed by atoms with E-state index < -0.39 is 5.79 Å². The fourth-order valence-corrected chi connectivity index (χ4v) is 5.04. The number of hydrogen-bond acceptors (Lipinski definition) is 5. The van der Waals surface area contributed by atoms with Crippen LogP contribution in [0.4, 0.5) is 0 Å². The van der Waals surface area contributed by atoms with E-state index in [9.17, 15) is 9.59 Å². The highest BCUT2D eigenvalue weighted by Gasteiger charge is 2.67. The Morgan fingerprint density at radius 1 is 1.29 bits per heavy atom. The van der Waals surface area contributed by atoms with E-state index in [0.717, 1.165) is 24.8 Å². The van der Waals surface area contributed by atoms with Crippen LogP contribution in [-0.4, -0.2) is 29.9 Å². The molecule has 1 saturated carbocycles. The Bertz CT molecular complexity index is 580. The van der Waals surface area contributed by atoms with Crippen molar-refractivity contribution in [2.24, 2.45) is 23.7 Å². The molecule has 5 heteroatoms. The van der Waals surface area contributed by atoms with Gasteiger partial charge in [0.05, 0.1) is 5.60 Å². The lowest BCUT2D eigenvalue weighted by molar-refractivity contribution is -0.250. The van der Waals surface area contributed by atoms with Gasteiger partial charge < -0.3 is 14.2 Å². The third-order valence-electron chi connectivity index (χ3n) is 6.10. The molecule has 134 valence electrons. The van der Waals surface area contributed by atoms with Crippen LogP contribution in [-0.2, 0) is 23.8 Å². The van der Waals surface area contributed by atoms with Crippen molar-refractivity contribution < 1.29 is 23.8 Å². The van der Waals surface area contributed by atoms with Crippen LogP contribution < -0.4 is 0 Å². The predicted molar refractivity (Wildman–Crippen MR) is 87.9 cm³/mol. The van der Waals surface area contributed by atoms with Gasteiger partial charge in [-0.3, -0.25) is 9.59 Å². The van der Waals surface area contributed by atoms with Crippen molar-refractivity contribution in [1.29, 1.82) is 0 Å². The Balaban J connectivity index is 2.05. The van der Waals surface area contributed by atoms with Crippen LogP contribution in [0, 0.1) is 23.7 Å². The van der Waals surface area contributed by atoms with Crippen molar-refractivity contribution in [2.75, 3.05) is 6.61 Å². The highest BCUT2D eigenvalue weighted by Crippen LogP contribution is 2.63. The van der Waals surface area contributed by atoms with Crippen molar-refractivity contribution in [2.45, 2.75) is 65.3 Å². The van der Waals surface area contributed by atoms with Crippen molar-refractivity contribution >= 4 is 11.9 Å². The normalized spacial score (nSPS) is 40.2. The summed E-state index contributed by atoms with van der Waals surface area (Å²) in [6, 6.07) is 0. The first kappa shape index (κ1) is 17.5. The minimum Gasteiger partial charge on any atom is -0.461 e. The zero-order valence-corrected chi connectivity index (χ0v) is 15.3. The molecule has 3 rings (SSSR count). The van der Waals surface area contributed by atoms with Crippen LogP contribution >= 0.6 is 0 Å². The summed E-state index contributed by atoms with van der Waals surface area (Å²) in [7, 11) is 0. The molecular weight excluding hydrogens is 308 g/mol. The fourth-order valence-electron chi connectivity index (χ4n) is 5.04. The molecule has 2 bridgehead atoms. The maximum atomic E-state index is 11.8. The Morgan fingerprint density at radius 3 is 2.58 bits per heavy atom. The van der Waals surface area contributed by atoms with E-state index in [4.69, 9.17) is 14.2 Å². The first-order valence-electron chi connectivity index (χ1n) is 8.95. The summed E-state index contributed by atoms with van der Waals surface area (Å²) < 4.78 is 17.6. The lowest BCUT2D eigenvalue weighted by Crippen LogP contribution is -2.49. The van der Waals surface area contributed by atoms with Gasteiger partial charge in [0.25, 0.3) is 0 Å². The van der Waals surface area contributed by atoms with Gasteiger partial charge in [0, 0.05) is 25.7 Å². The summed E-state index contributed by atoms with van der Waals surface area (Å²) >= 11 is 0. The van der Waals surface area contributed by atoms with Gasteiger partial charge in [0.2, 0.25) is 5.79 Å². The van der Waals surface area contributed by atoms with E-state index >= 15 is 0 Å². The van der Waals surface area contributed by atoms with Crippen LogP contribution in [0.2, 0.25) is 0 Å². The van der Waals surface area contributed by atoms with Crippen LogP contribution in [0.1, 0.15) is 53.9 Å². The summed E-state index contributed by atoms with van der Waals surface area (Å²) in [5.41, 5.74) is 0.736. The van der Waals surface area contributed by atoms with E-state index in [1.807, 2.05) is 6.08 Å². The quantitative estimate of drug-likeness (QED) is 0.583. The second-order valence-corrected chi connectivity index (χ2v) is 7.96. The summed E-state index contributed by atoms with van der Waals surface area (Å²) in [5.74, 6) is -0.603. The molecule has 5 nitrogen and oxygen atoms in total. The molecule has 2 fully saturated rings. The Morgan fingerprint density at radius 2 is 2.00 bits per heavy atom. The molecule has 0 aromatic rings. The minimum atomic E-state index is -1.02. The van der Waals surface area contributed by atoms with Gasteiger partial charge in [-0.2, -0.15) is 0 Å². The molecular formula is C19H28O5. The maximum absolute atomic E-state index is 11.8. The van der Waals surface area contributed by atoms with Crippen LogP contribution in [0.15, 0.2) is 11.6 Å². The van der Waals surface area contributed by atoms with E-state index in [2.05, 4.69) is 20.8 Å². The lowest BCUT2D eigenvalue weighted by Gasteiger charge is -2.43. The number of carbonyl (C=O) groups excluding carboxylic acids is 2. The fraction of sp³-hybridized carbons (Fsp3) is 0.789. The van der Waals surface area contributed by atoms with Gasteiger partial charge in [0.1, 0.15) is 6.61 Å². The highest BCUT2D eigenvalue weighted by atomic mass is 16.7. The van der Waals surface area contributed by atoms with E-state index in [1.165, 1.54) is 13.8 Å². The highest BCUT2D eigenvalue weighted by molar-refractivity contribution is 5.67. The number of hydrogen-bond donors (Lipinski definition) is 0. The average Bonchev–Trinajstić information content (AvgIpc) is 2.92. The van der Waals surface area contributed by atoms with Crippen LogP contribution in [0.3, 0.4) is 0 Å². The van der Waals surface area contributed by atoms with Crippen molar-refractivity contribution in [3.8, 4) is 0 Å². The number of ether oxygens (including phenoxy) is 3. The van der Waals surface area contributed by atoms with E-state index in [1.54, 1.807) is 0 Å². The molecule has 2 aliphatic heterocycles. The van der Waals surface area contributed by atoms with Crippen LogP contribution in [0.5, 0.6) is 0 Å². The van der Waals surface area contributed by atoms with Gasteiger partial charge in [-0.15, -0.1) is 0 Å². The summed E-state index contributed by atoms with van der Waals surface area (Å²) in [6.45, 7) is 9.60. The largest absolute Gasteiger partial charge is 0.461 e. The van der Waals surface area contributed by atoms with Crippen LogP contribution in [0.25, 0.3) is 0 Å². The Kier molecular flexibility index (Phi) is 4.27. The lowest BCUT2D eigenvalue weighted by atomic mass is 9.76. The average molecular weight is 336 g/mol. The van der Waals surface area contributed by atoms with Gasteiger partial charge in [-0.05, 0) is 42.7 Å². The smallest absolute Gasteiger partial charge is 0.305 e. The minimum absolute atomic E-state index is 0.110. The molecule has 2 heterocycles. The first-order valence-corrected chi connectivity index (χ1v) is 8.95. The van der Waals surface area contributed by atoms with E-state index in [-0.39, 0.29) is 36.0 Å². The summed E-state index contributed by atoms with van der Waals surface area (Å²) in [5, 5.41) is 0. The summed E-state index contributed by atoms with van der Waals surface area (Å²) in [6.07, 6.45) is 4.91. The molecule has 24 heavy (non-hydrogen) atoms. The molecule has 0 aromatic heterocycles. The predicted octanol–water partition coefficient (Wildman–Crippen LogP) is 3.23. The second kappa shape index (κ2) is 5.87. The molecule has 5 atom stereocenters. The third-order valence-corrected chi connectivity index (χ3v) is 6.10. The SMILES string of the molecule is CC(=O)OCC1=C[C@]2(OC(C)=O)O[C@]3(C[C@H]2C(C)C)C1CC[C@@H]3C. The number of esters is 2. The third kappa shape index (κ3) is 2.57. The number of carbonyl (C=O) groups is 2. The second-order valence-electron chi connectivity index (χ2n) is 7.96. The van der Waals surface area contributed by atoms with Gasteiger partial charge in [0.15, 0.2) is 0 Å². The molecule has 1 aliphatic carbocycles. The van der Waals surface area contributed by atoms with Crippen molar-refractivity contribution in [3.63, 3.8) is 0 Å². The zero-order chi connectivity index (χ0) is 17.7. The first-order chi connectivity index (χ1) is 11.2. The van der Waals surface area contributed by atoms with E-state index in [0.29, 0.717) is 11.8 Å². The van der Waals surface area contributed by atoms with Crippen molar-refractivity contribution in [3.05, 3.63) is 11.6 Å². The van der Waals surface area contributed by atoms with Gasteiger partial charge >= 0.3 is 11.9 Å². The standard InChI is InChI=1S/C19H28O5/c1-11(2)17-9-18-12(3)6-7-16(18)15(10-22-13(4)20)8-19(17,24-18)23-14(5)21/h8,11-12,16-17H,6-7,9-10H2,1-5H3/t12-,16?,17-,18-,19-/m0/s1.